The fourth-order valence-electron chi connectivity index (χ4n) is 7.35. The molecule has 5 amide bonds. The van der Waals surface area contributed by atoms with Gasteiger partial charge in [-0.2, -0.15) is 5.21 Å². The highest BCUT2D eigenvalue weighted by atomic mass is 16.6. The average molecular weight is 794 g/mol. The maximum Gasteiger partial charge on any atom is 0.407 e. The summed E-state index contributed by atoms with van der Waals surface area (Å²) in [7, 11) is 0. The maximum absolute atomic E-state index is 13.9. The van der Waals surface area contributed by atoms with Crippen LogP contribution in [-0.2, 0) is 20.7 Å². The molecule has 16 nitrogen and oxygen atoms in total. The number of benzene rings is 3. The van der Waals surface area contributed by atoms with Crippen molar-refractivity contribution >= 4 is 35.6 Å². The summed E-state index contributed by atoms with van der Waals surface area (Å²) in [6.45, 7) is 6.65. The molecular formula is C42H51N9O7. The predicted octanol–water partition coefficient (Wildman–Crippen LogP) is 5.40. The van der Waals surface area contributed by atoms with Gasteiger partial charge in [0.25, 0.3) is 5.91 Å². The van der Waals surface area contributed by atoms with Gasteiger partial charge in [-0.1, -0.05) is 42.5 Å². The molecule has 1 saturated carbocycles. The molecule has 1 aliphatic carbocycles. The van der Waals surface area contributed by atoms with Gasteiger partial charge in [0.15, 0.2) is 0 Å². The zero-order valence-electron chi connectivity index (χ0n) is 33.0. The van der Waals surface area contributed by atoms with Crippen molar-refractivity contribution in [2.45, 2.75) is 83.4 Å². The van der Waals surface area contributed by atoms with Gasteiger partial charge in [-0.05, 0) is 117 Å². The fourth-order valence-corrected chi connectivity index (χ4v) is 7.35. The van der Waals surface area contributed by atoms with Crippen LogP contribution < -0.4 is 21.3 Å². The van der Waals surface area contributed by atoms with Crippen LogP contribution in [0.5, 0.6) is 0 Å². The first-order valence-electron chi connectivity index (χ1n) is 19.7. The van der Waals surface area contributed by atoms with Crippen LogP contribution in [0.2, 0.25) is 0 Å². The van der Waals surface area contributed by atoms with Crippen molar-refractivity contribution in [1.82, 2.24) is 41.5 Å². The molecule has 2 aliphatic rings. The van der Waals surface area contributed by atoms with Crippen molar-refractivity contribution in [2.75, 3.05) is 25.0 Å². The van der Waals surface area contributed by atoms with Crippen LogP contribution in [0.15, 0.2) is 72.8 Å². The van der Waals surface area contributed by atoms with Crippen LogP contribution in [-0.4, -0.2) is 97.9 Å². The van der Waals surface area contributed by atoms with Crippen molar-refractivity contribution in [1.29, 1.82) is 0 Å². The third kappa shape index (κ3) is 11.4. The smallest absolute Gasteiger partial charge is 0.407 e. The summed E-state index contributed by atoms with van der Waals surface area (Å²) < 4.78 is 5.35. The zero-order valence-corrected chi connectivity index (χ0v) is 33.0. The molecule has 6 rings (SSSR count). The van der Waals surface area contributed by atoms with Gasteiger partial charge < -0.3 is 36.0 Å². The predicted molar refractivity (Wildman–Crippen MR) is 216 cm³/mol. The van der Waals surface area contributed by atoms with E-state index in [1.165, 1.54) is 4.90 Å². The number of aromatic amines is 1. The summed E-state index contributed by atoms with van der Waals surface area (Å²) in [4.78, 5) is 65.9. The Morgan fingerprint density at radius 3 is 2.19 bits per heavy atom. The summed E-state index contributed by atoms with van der Waals surface area (Å²) in [6.07, 6.45) is 2.64. The molecule has 58 heavy (non-hydrogen) atoms. The number of tetrazole rings is 1. The molecule has 1 aliphatic heterocycles. The Morgan fingerprint density at radius 2 is 1.55 bits per heavy atom. The topological polar surface area (TPSA) is 221 Å². The number of hydrogen-bond donors (Lipinski definition) is 6. The Morgan fingerprint density at radius 1 is 0.879 bits per heavy atom. The van der Waals surface area contributed by atoms with Crippen molar-refractivity contribution in [3.8, 4) is 22.5 Å². The molecule has 0 unspecified atom stereocenters. The van der Waals surface area contributed by atoms with Crippen LogP contribution in [0.4, 0.5) is 15.3 Å². The van der Waals surface area contributed by atoms with Gasteiger partial charge in [-0.3, -0.25) is 14.4 Å². The number of hydrogen-bond acceptors (Lipinski definition) is 9. The van der Waals surface area contributed by atoms with E-state index < -0.39 is 23.8 Å². The van der Waals surface area contributed by atoms with Crippen LogP contribution >= 0.6 is 0 Å². The molecule has 1 aromatic heterocycles. The molecule has 2 fully saturated rings. The van der Waals surface area contributed by atoms with E-state index in [4.69, 9.17) is 4.74 Å². The molecular weight excluding hydrogens is 743 g/mol. The number of H-pyrrole nitrogens is 1. The second-order valence-corrected chi connectivity index (χ2v) is 15.9. The van der Waals surface area contributed by atoms with E-state index in [-0.39, 0.29) is 42.0 Å². The summed E-state index contributed by atoms with van der Waals surface area (Å²) in [5, 5.41) is 35.2. The molecule has 0 spiro atoms. The van der Waals surface area contributed by atoms with Crippen LogP contribution in [0.25, 0.3) is 22.5 Å². The molecule has 16 heteroatoms. The van der Waals surface area contributed by atoms with Crippen molar-refractivity contribution in [3.63, 3.8) is 0 Å². The number of nitrogens with one attached hydrogen (secondary N) is 5. The lowest BCUT2D eigenvalue weighted by Crippen LogP contribution is -2.48. The minimum absolute atomic E-state index is 0.128. The second-order valence-electron chi connectivity index (χ2n) is 15.9. The van der Waals surface area contributed by atoms with Gasteiger partial charge in [0.1, 0.15) is 11.6 Å². The Hall–Kier alpha value is -6.32. The summed E-state index contributed by atoms with van der Waals surface area (Å²) in [6, 6.07) is 20.8. The highest BCUT2D eigenvalue weighted by Crippen LogP contribution is 2.30. The average Bonchev–Trinajstić information content (AvgIpc) is 3.76. The number of alkyl carbamates (subject to hydrolysis) is 1. The van der Waals surface area contributed by atoms with Crippen molar-refractivity contribution in [3.05, 3.63) is 83.9 Å². The van der Waals surface area contributed by atoms with E-state index in [2.05, 4.69) is 41.9 Å². The van der Waals surface area contributed by atoms with Gasteiger partial charge >= 0.3 is 12.2 Å². The monoisotopic (exact) mass is 793 g/mol. The molecule has 3 aromatic carbocycles. The van der Waals surface area contributed by atoms with E-state index >= 15 is 0 Å². The quantitative estimate of drug-likeness (QED) is 0.107. The van der Waals surface area contributed by atoms with E-state index in [1.54, 1.807) is 36.4 Å². The van der Waals surface area contributed by atoms with Crippen LogP contribution in [0.3, 0.4) is 0 Å². The highest BCUT2D eigenvalue weighted by molar-refractivity contribution is 6.01. The minimum atomic E-state index is -0.953. The third-order valence-electron chi connectivity index (χ3n) is 10.5. The summed E-state index contributed by atoms with van der Waals surface area (Å²) in [5.41, 5.74) is 3.51. The summed E-state index contributed by atoms with van der Waals surface area (Å²) in [5.74, 6) is -0.447. The van der Waals surface area contributed by atoms with Crippen LogP contribution in [0.1, 0.15) is 75.2 Å². The number of nitrogens with zero attached hydrogens (tertiary/aromatic N) is 4. The molecule has 0 radical (unpaired) electrons. The normalized spacial score (nSPS) is 17.7. The van der Waals surface area contributed by atoms with E-state index in [0.717, 1.165) is 29.5 Å². The molecule has 2 heterocycles. The number of carbonyl (C=O) groups excluding carboxylic acids is 4. The lowest BCUT2D eigenvalue weighted by Gasteiger charge is -2.30. The SMILES string of the molecule is CC(C)(C)OC(=O)NCC1CCC(C(=O)N[C@@H](Cc2ccc(-c3ccccc3C(=O)NC3CCN(C(=O)O)CC3)cc2)C(=O)Nc2ccc(-c3nn[nH]n3)cc2)CC1. The minimum Gasteiger partial charge on any atom is -0.465 e. The standard InChI is InChI=1S/C42H51N9O7/c1-42(2,3)58-40(55)43-25-27-10-14-30(15-11-27)37(52)46-35(39(54)45-31-18-16-29(17-19-31)36-47-49-50-48-36)24-26-8-12-28(13-9-26)33-6-4-5-7-34(33)38(53)44-32-20-22-51(23-21-32)41(56)57/h4-9,12-13,16-19,27,30,32,35H,10-11,14-15,20-25H2,1-3H3,(H,43,55)(H,44,53)(H,45,54)(H,46,52)(H,56,57)(H,47,48,49,50)/t27?,30?,35-/m0/s1. The molecule has 1 saturated heterocycles. The molecule has 306 valence electrons. The third-order valence-corrected chi connectivity index (χ3v) is 10.5. The van der Waals surface area contributed by atoms with Crippen LogP contribution in [0, 0.1) is 11.8 Å². The Labute approximate surface area is 336 Å². The number of carboxylic acid groups (broad SMARTS) is 1. The molecule has 1 atom stereocenters. The number of carbonyl (C=O) groups is 5. The van der Waals surface area contributed by atoms with Gasteiger partial charge in [0, 0.05) is 54.8 Å². The number of aromatic nitrogens is 4. The van der Waals surface area contributed by atoms with Crippen molar-refractivity contribution in [2.24, 2.45) is 11.8 Å². The zero-order chi connectivity index (χ0) is 41.2. The van der Waals surface area contributed by atoms with E-state index in [1.807, 2.05) is 57.2 Å². The largest absolute Gasteiger partial charge is 0.465 e. The van der Waals surface area contributed by atoms with Crippen molar-refractivity contribution < 1.29 is 33.8 Å². The van der Waals surface area contributed by atoms with E-state index in [0.29, 0.717) is 68.0 Å². The summed E-state index contributed by atoms with van der Waals surface area (Å²) >= 11 is 0. The second kappa shape index (κ2) is 18.7. The Bertz CT molecular complexity index is 2030. The number of amides is 5. The lowest BCUT2D eigenvalue weighted by molar-refractivity contribution is -0.130. The number of likely N-dealkylation sites (tertiary alicyclic amines) is 1. The first-order valence-corrected chi connectivity index (χ1v) is 19.7. The van der Waals surface area contributed by atoms with E-state index in [9.17, 15) is 29.1 Å². The lowest BCUT2D eigenvalue weighted by atomic mass is 9.81. The Balaban J connectivity index is 1.11. The molecule has 6 N–H and O–H groups in total. The van der Waals surface area contributed by atoms with Gasteiger partial charge in [0.2, 0.25) is 17.6 Å². The molecule has 0 bridgehead atoms. The van der Waals surface area contributed by atoms with Gasteiger partial charge in [0.05, 0.1) is 0 Å². The van der Waals surface area contributed by atoms with Gasteiger partial charge in [-0.15, -0.1) is 10.2 Å². The molecule has 4 aromatic rings. The highest BCUT2D eigenvalue weighted by Gasteiger charge is 2.31. The number of rotatable bonds is 12. The fraction of sp³-hybridized carbons (Fsp3) is 0.429. The first kappa shape index (κ1) is 41.3. The van der Waals surface area contributed by atoms with Gasteiger partial charge in [-0.25, -0.2) is 9.59 Å². The number of anilines is 1. The number of ether oxygens (including phenoxy) is 1. The Kier molecular flexibility index (Phi) is 13.4. The maximum atomic E-state index is 13.9. The number of piperidine rings is 1. The first-order chi connectivity index (χ1) is 27.8.